The zero-order chi connectivity index (χ0) is 30.0. The summed E-state index contributed by atoms with van der Waals surface area (Å²) in [6.45, 7) is 15.7. The topological polar surface area (TPSA) is 66.0 Å². The second-order valence-corrected chi connectivity index (χ2v) is 11.6. The van der Waals surface area contributed by atoms with Gasteiger partial charge in [-0.15, -0.1) is 0 Å². The molecule has 1 fully saturated rings. The van der Waals surface area contributed by atoms with Gasteiger partial charge >= 0.3 is 0 Å². The summed E-state index contributed by atoms with van der Waals surface area (Å²) >= 11 is 0. The third-order valence-electron chi connectivity index (χ3n) is 7.36. The average Bonchev–Trinajstić information content (AvgIpc) is 3.22. The predicted molar refractivity (Wildman–Crippen MR) is 168 cm³/mol. The molecule has 0 radical (unpaired) electrons. The molecule has 0 aliphatic heterocycles. The van der Waals surface area contributed by atoms with E-state index in [1.54, 1.807) is 0 Å². The van der Waals surface area contributed by atoms with Crippen molar-refractivity contribution in [2.24, 2.45) is 11.8 Å². The van der Waals surface area contributed by atoms with Gasteiger partial charge < -0.3 is 24.3 Å². The van der Waals surface area contributed by atoms with Gasteiger partial charge in [-0.2, -0.15) is 0 Å². The van der Waals surface area contributed by atoms with Crippen molar-refractivity contribution in [1.82, 2.24) is 5.32 Å². The number of aryl methyl sites for hydroxylation is 1. The number of nitrogens with one attached hydrogen (secondary N) is 1. The van der Waals surface area contributed by atoms with Crippen molar-refractivity contribution >= 4 is 5.91 Å². The molecule has 0 spiro atoms. The van der Waals surface area contributed by atoms with E-state index in [2.05, 4.69) is 87.6 Å². The van der Waals surface area contributed by atoms with Crippen LogP contribution >= 0.6 is 0 Å². The number of amides is 1. The van der Waals surface area contributed by atoms with Crippen LogP contribution in [0.1, 0.15) is 92.6 Å². The molecule has 0 saturated heterocycles. The summed E-state index contributed by atoms with van der Waals surface area (Å²) < 4.78 is 25.0. The molecule has 0 aromatic heterocycles. The van der Waals surface area contributed by atoms with E-state index in [4.69, 9.17) is 18.9 Å². The molecule has 232 valence electrons. The first-order valence-corrected chi connectivity index (χ1v) is 15.9. The fraction of sp³-hybridized carbons (Fsp3) is 0.686. The molecule has 1 aliphatic rings. The van der Waals surface area contributed by atoms with Gasteiger partial charge in [-0.1, -0.05) is 54.6 Å². The number of hydrogen-bond acceptors (Lipinski definition) is 5. The predicted octanol–water partition coefficient (Wildman–Crippen LogP) is 7.42. The van der Waals surface area contributed by atoms with Gasteiger partial charge in [0.05, 0.1) is 30.5 Å². The lowest BCUT2D eigenvalue weighted by Crippen LogP contribution is -2.27. The van der Waals surface area contributed by atoms with Crippen LogP contribution in [0, 0.1) is 11.8 Å². The van der Waals surface area contributed by atoms with Crippen molar-refractivity contribution in [1.29, 1.82) is 0 Å². The van der Waals surface area contributed by atoms with Crippen LogP contribution in [0.5, 0.6) is 0 Å². The standard InChI is InChI=1S/C35H57NO5/c1-8-36-35(37)20-16-11-10-15-19-31-32(34(40-27(5)6)25-33(31)39-26(3)4)24-23-30(41-28(7)38-9-2)22-21-29-17-13-12-14-18-29/h10,12-15,17-18,23-24,26-28,30-34H,8-9,11,16,19-22,25H2,1-7H3,(H,36,37)/b15-10-,24-23+/t28?,30-,31+,32+,33-,34+/m0/s1. The average molecular weight is 572 g/mol. The molecule has 1 aromatic rings. The van der Waals surface area contributed by atoms with Crippen LogP contribution in [0.4, 0.5) is 0 Å². The Morgan fingerprint density at radius 1 is 1.00 bits per heavy atom. The summed E-state index contributed by atoms with van der Waals surface area (Å²) in [6.07, 6.45) is 15.2. The fourth-order valence-electron chi connectivity index (χ4n) is 5.63. The third kappa shape index (κ3) is 14.2. The minimum Gasteiger partial charge on any atom is -0.375 e. The normalized spacial score (nSPS) is 22.8. The van der Waals surface area contributed by atoms with Crippen LogP contribution in [-0.4, -0.2) is 55.9 Å². The van der Waals surface area contributed by atoms with Gasteiger partial charge in [-0.3, -0.25) is 4.79 Å². The molecule has 1 aromatic carbocycles. The second kappa shape index (κ2) is 20.0. The number of rotatable bonds is 20. The lowest BCUT2D eigenvalue weighted by molar-refractivity contribution is -0.147. The number of carbonyl (C=O) groups is 1. The summed E-state index contributed by atoms with van der Waals surface area (Å²) in [6, 6.07) is 10.6. The number of hydrogen-bond donors (Lipinski definition) is 1. The smallest absolute Gasteiger partial charge is 0.219 e. The zero-order valence-electron chi connectivity index (χ0n) is 26.7. The van der Waals surface area contributed by atoms with E-state index in [0.717, 1.165) is 38.5 Å². The summed E-state index contributed by atoms with van der Waals surface area (Å²) in [5.74, 6) is 0.645. The molecule has 1 amide bonds. The van der Waals surface area contributed by atoms with E-state index in [1.165, 1.54) is 5.56 Å². The van der Waals surface area contributed by atoms with Crippen molar-refractivity contribution in [3.63, 3.8) is 0 Å². The van der Waals surface area contributed by atoms with E-state index >= 15 is 0 Å². The van der Waals surface area contributed by atoms with Gasteiger partial charge in [0.2, 0.25) is 5.91 Å². The summed E-state index contributed by atoms with van der Waals surface area (Å²) in [7, 11) is 0. The first kappa shape index (κ1) is 35.2. The fourth-order valence-corrected chi connectivity index (χ4v) is 5.63. The summed E-state index contributed by atoms with van der Waals surface area (Å²) in [4.78, 5) is 11.8. The molecule has 1 N–H and O–H groups in total. The highest BCUT2D eigenvalue weighted by Gasteiger charge is 2.43. The number of allylic oxidation sites excluding steroid dienone is 2. The Balaban J connectivity index is 2.19. The van der Waals surface area contributed by atoms with Gasteiger partial charge in [0, 0.05) is 31.9 Å². The molecule has 1 unspecified atom stereocenters. The van der Waals surface area contributed by atoms with Crippen LogP contribution in [0.15, 0.2) is 54.6 Å². The molecule has 1 saturated carbocycles. The van der Waals surface area contributed by atoms with Crippen molar-refractivity contribution < 1.29 is 23.7 Å². The summed E-state index contributed by atoms with van der Waals surface area (Å²) in [5.41, 5.74) is 1.31. The molecule has 0 bridgehead atoms. The zero-order valence-corrected chi connectivity index (χ0v) is 26.7. The van der Waals surface area contributed by atoms with Gasteiger partial charge in [0.15, 0.2) is 6.29 Å². The van der Waals surface area contributed by atoms with Crippen molar-refractivity contribution in [3.05, 3.63) is 60.2 Å². The quantitative estimate of drug-likeness (QED) is 0.100. The van der Waals surface area contributed by atoms with E-state index < -0.39 is 0 Å². The number of carbonyl (C=O) groups excluding carboxylic acids is 1. The number of benzene rings is 1. The highest BCUT2D eigenvalue weighted by molar-refractivity contribution is 5.75. The molecular weight excluding hydrogens is 514 g/mol. The highest BCUT2D eigenvalue weighted by atomic mass is 16.7. The lowest BCUT2D eigenvalue weighted by atomic mass is 9.89. The third-order valence-corrected chi connectivity index (χ3v) is 7.36. The summed E-state index contributed by atoms with van der Waals surface area (Å²) in [5, 5.41) is 2.87. The maximum absolute atomic E-state index is 11.8. The van der Waals surface area contributed by atoms with Gasteiger partial charge in [-0.25, -0.2) is 0 Å². The van der Waals surface area contributed by atoms with Crippen LogP contribution in [0.3, 0.4) is 0 Å². The molecule has 6 heteroatoms. The lowest BCUT2D eigenvalue weighted by Gasteiger charge is -2.26. The highest BCUT2D eigenvalue weighted by Crippen LogP contribution is 2.41. The Kier molecular flexibility index (Phi) is 17.2. The van der Waals surface area contributed by atoms with Crippen molar-refractivity contribution in [3.8, 4) is 0 Å². The van der Waals surface area contributed by atoms with E-state index in [0.29, 0.717) is 25.5 Å². The van der Waals surface area contributed by atoms with Crippen molar-refractivity contribution in [2.75, 3.05) is 13.2 Å². The molecule has 2 rings (SSSR count). The maximum Gasteiger partial charge on any atom is 0.219 e. The van der Waals surface area contributed by atoms with Crippen LogP contribution < -0.4 is 5.32 Å². The molecule has 6 nitrogen and oxygen atoms in total. The molecule has 1 aliphatic carbocycles. The van der Waals surface area contributed by atoms with Crippen LogP contribution in [0.25, 0.3) is 0 Å². The SMILES string of the molecule is CCNC(=O)CCC/C=C\C[C@@H]1[C@@H](/C=C/[C@H](CCc2ccccc2)OC(C)OCC)[C@H](OC(C)C)C[C@@H]1OC(C)C. The Morgan fingerprint density at radius 3 is 2.37 bits per heavy atom. The van der Waals surface area contributed by atoms with E-state index in [1.807, 2.05) is 20.8 Å². The van der Waals surface area contributed by atoms with Crippen LogP contribution in [0.2, 0.25) is 0 Å². The first-order valence-electron chi connectivity index (χ1n) is 15.9. The minimum absolute atomic E-state index is 0.0630. The van der Waals surface area contributed by atoms with E-state index in [9.17, 15) is 4.79 Å². The van der Waals surface area contributed by atoms with E-state index in [-0.39, 0.29) is 48.6 Å². The monoisotopic (exact) mass is 571 g/mol. The Hall–Kier alpha value is -1.99. The molecule has 0 heterocycles. The van der Waals surface area contributed by atoms with Gasteiger partial charge in [-0.05, 0) is 92.1 Å². The van der Waals surface area contributed by atoms with Gasteiger partial charge in [0.1, 0.15) is 0 Å². The molecule has 41 heavy (non-hydrogen) atoms. The second-order valence-electron chi connectivity index (χ2n) is 11.6. The first-order chi connectivity index (χ1) is 19.7. The maximum atomic E-state index is 11.8. The van der Waals surface area contributed by atoms with Crippen LogP contribution in [-0.2, 0) is 30.2 Å². The number of unbranched alkanes of at least 4 members (excludes halogenated alkanes) is 1. The Labute approximate surface area is 250 Å². The van der Waals surface area contributed by atoms with Gasteiger partial charge in [0.25, 0.3) is 0 Å². The Morgan fingerprint density at radius 2 is 1.71 bits per heavy atom. The largest absolute Gasteiger partial charge is 0.375 e. The molecular formula is C35H57NO5. The van der Waals surface area contributed by atoms with Crippen molar-refractivity contribution in [2.45, 2.75) is 130 Å². The minimum atomic E-state index is -0.271. The Bertz CT molecular complexity index is 884. The molecule has 6 atom stereocenters. The number of ether oxygens (including phenoxy) is 4.